The van der Waals surface area contributed by atoms with Crippen molar-refractivity contribution in [3.63, 3.8) is 0 Å². The molecule has 0 bridgehead atoms. The summed E-state index contributed by atoms with van der Waals surface area (Å²) in [4.78, 5) is 6.54. The molecule has 0 radical (unpaired) electrons. The number of benzene rings is 1. The molecule has 1 aromatic heterocycles. The lowest BCUT2D eigenvalue weighted by Gasteiger charge is -2.26. The molecule has 2 N–H and O–H groups in total. The summed E-state index contributed by atoms with van der Waals surface area (Å²) < 4.78 is 5.37. The number of rotatable bonds is 4. The molecule has 110 valence electrons. The molecule has 2 heterocycles. The number of aromatic nitrogens is 1. The van der Waals surface area contributed by atoms with Crippen LogP contribution in [0.4, 0.5) is 0 Å². The van der Waals surface area contributed by atoms with Crippen LogP contribution in [-0.2, 0) is 11.3 Å². The number of hydrogen-bond acceptors (Lipinski definition) is 4. The Kier molecular flexibility index (Phi) is 4.60. The van der Waals surface area contributed by atoms with Gasteiger partial charge in [0.05, 0.1) is 19.3 Å². The van der Waals surface area contributed by atoms with Crippen LogP contribution in [0, 0.1) is 0 Å². The van der Waals surface area contributed by atoms with Crippen molar-refractivity contribution in [2.24, 2.45) is 5.73 Å². The largest absolute Gasteiger partial charge is 0.379 e. The van der Waals surface area contributed by atoms with Crippen molar-refractivity contribution in [3.8, 4) is 0 Å². The molecule has 1 saturated heterocycles. The van der Waals surface area contributed by atoms with Crippen LogP contribution in [0.5, 0.6) is 0 Å². The fourth-order valence-electron chi connectivity index (χ4n) is 2.60. The van der Waals surface area contributed by atoms with Gasteiger partial charge >= 0.3 is 0 Å². The maximum absolute atomic E-state index is 6.28. The summed E-state index contributed by atoms with van der Waals surface area (Å²) in [6.07, 6.45) is 3.59. The summed E-state index contributed by atoms with van der Waals surface area (Å²) in [7, 11) is 0. The quantitative estimate of drug-likeness (QED) is 0.932. The molecule has 1 aliphatic rings. The number of pyridine rings is 1. The second-order valence-electron chi connectivity index (χ2n) is 5.39. The van der Waals surface area contributed by atoms with E-state index in [1.807, 2.05) is 18.3 Å². The average molecular weight is 283 g/mol. The first kappa shape index (κ1) is 14.2. The van der Waals surface area contributed by atoms with E-state index in [1.54, 1.807) is 6.20 Å². The van der Waals surface area contributed by atoms with Gasteiger partial charge in [-0.25, -0.2) is 0 Å². The van der Waals surface area contributed by atoms with Gasteiger partial charge < -0.3 is 10.5 Å². The number of morpholine rings is 1. The predicted octanol–water partition coefficient (Wildman–Crippen LogP) is 1.96. The zero-order valence-electron chi connectivity index (χ0n) is 12.1. The Morgan fingerprint density at radius 3 is 2.52 bits per heavy atom. The van der Waals surface area contributed by atoms with E-state index in [0.717, 1.165) is 44.0 Å². The van der Waals surface area contributed by atoms with E-state index in [0.29, 0.717) is 0 Å². The van der Waals surface area contributed by atoms with Gasteiger partial charge in [0, 0.05) is 32.0 Å². The Labute approximate surface area is 125 Å². The van der Waals surface area contributed by atoms with Gasteiger partial charge in [0.15, 0.2) is 0 Å². The second kappa shape index (κ2) is 6.80. The summed E-state index contributed by atoms with van der Waals surface area (Å²) in [6, 6.07) is 12.4. The van der Waals surface area contributed by atoms with Gasteiger partial charge in [-0.3, -0.25) is 9.88 Å². The molecule has 1 fully saturated rings. The van der Waals surface area contributed by atoms with Crippen LogP contribution >= 0.6 is 0 Å². The lowest BCUT2D eigenvalue weighted by molar-refractivity contribution is 0.0342. The van der Waals surface area contributed by atoms with Crippen molar-refractivity contribution in [3.05, 3.63) is 65.5 Å². The highest BCUT2D eigenvalue weighted by Gasteiger charge is 2.12. The Hall–Kier alpha value is -1.75. The van der Waals surface area contributed by atoms with Crippen molar-refractivity contribution in [1.29, 1.82) is 0 Å². The summed E-state index contributed by atoms with van der Waals surface area (Å²) >= 11 is 0. The minimum atomic E-state index is -0.115. The molecule has 1 atom stereocenters. The Balaban J connectivity index is 1.66. The maximum Gasteiger partial charge on any atom is 0.0594 e. The molecule has 0 amide bonds. The molecule has 21 heavy (non-hydrogen) atoms. The van der Waals surface area contributed by atoms with Gasteiger partial charge in [-0.1, -0.05) is 30.3 Å². The zero-order valence-corrected chi connectivity index (χ0v) is 12.1. The van der Waals surface area contributed by atoms with Crippen LogP contribution in [0.2, 0.25) is 0 Å². The van der Waals surface area contributed by atoms with Gasteiger partial charge in [-0.05, 0) is 22.8 Å². The normalized spacial score (nSPS) is 17.6. The van der Waals surface area contributed by atoms with Crippen molar-refractivity contribution < 1.29 is 4.74 Å². The number of nitrogens with two attached hydrogens (primary N) is 1. The molecule has 3 rings (SSSR count). The molecule has 1 aliphatic heterocycles. The fourth-order valence-corrected chi connectivity index (χ4v) is 2.60. The molecule has 1 unspecified atom stereocenters. The third-order valence-corrected chi connectivity index (χ3v) is 3.89. The van der Waals surface area contributed by atoms with E-state index in [4.69, 9.17) is 10.5 Å². The van der Waals surface area contributed by atoms with Crippen LogP contribution in [0.1, 0.15) is 22.7 Å². The molecular formula is C17H21N3O. The van der Waals surface area contributed by atoms with Gasteiger partial charge in [-0.15, -0.1) is 0 Å². The summed E-state index contributed by atoms with van der Waals surface area (Å²) in [5.41, 5.74) is 9.76. The molecule has 2 aromatic rings. The van der Waals surface area contributed by atoms with Crippen molar-refractivity contribution >= 4 is 0 Å². The molecule has 0 aliphatic carbocycles. The van der Waals surface area contributed by atoms with Crippen LogP contribution in [-0.4, -0.2) is 36.2 Å². The first-order valence-corrected chi connectivity index (χ1v) is 7.37. The highest BCUT2D eigenvalue weighted by Crippen LogP contribution is 2.19. The SMILES string of the molecule is NC(c1ccc(CN2CCOCC2)cc1)c1cccnc1. The van der Waals surface area contributed by atoms with Crippen LogP contribution in [0.25, 0.3) is 0 Å². The van der Waals surface area contributed by atoms with Crippen LogP contribution < -0.4 is 5.73 Å². The third-order valence-electron chi connectivity index (χ3n) is 3.89. The van der Waals surface area contributed by atoms with E-state index >= 15 is 0 Å². The first-order chi connectivity index (χ1) is 10.3. The van der Waals surface area contributed by atoms with Crippen LogP contribution in [0.3, 0.4) is 0 Å². The minimum Gasteiger partial charge on any atom is -0.379 e. The van der Waals surface area contributed by atoms with E-state index in [-0.39, 0.29) is 6.04 Å². The number of ether oxygens (including phenoxy) is 1. The van der Waals surface area contributed by atoms with E-state index in [2.05, 4.69) is 34.1 Å². The van der Waals surface area contributed by atoms with Gasteiger partial charge in [0.1, 0.15) is 0 Å². The highest BCUT2D eigenvalue weighted by molar-refractivity contribution is 5.31. The monoisotopic (exact) mass is 283 g/mol. The van der Waals surface area contributed by atoms with Gasteiger partial charge in [0.25, 0.3) is 0 Å². The highest BCUT2D eigenvalue weighted by atomic mass is 16.5. The number of nitrogens with zero attached hydrogens (tertiary/aromatic N) is 2. The fraction of sp³-hybridized carbons (Fsp3) is 0.353. The van der Waals surface area contributed by atoms with E-state index in [9.17, 15) is 0 Å². The Morgan fingerprint density at radius 1 is 1.10 bits per heavy atom. The lowest BCUT2D eigenvalue weighted by Crippen LogP contribution is -2.35. The molecule has 4 nitrogen and oxygen atoms in total. The molecule has 0 spiro atoms. The van der Waals surface area contributed by atoms with E-state index < -0.39 is 0 Å². The van der Waals surface area contributed by atoms with Crippen molar-refractivity contribution in [2.75, 3.05) is 26.3 Å². The third kappa shape index (κ3) is 3.67. The number of hydrogen-bond donors (Lipinski definition) is 1. The summed E-state index contributed by atoms with van der Waals surface area (Å²) in [5.74, 6) is 0. The first-order valence-electron chi connectivity index (χ1n) is 7.37. The standard InChI is InChI=1S/C17H21N3O/c18-17(16-2-1-7-19-12-16)15-5-3-14(4-6-15)13-20-8-10-21-11-9-20/h1-7,12,17H,8-11,13,18H2. The topological polar surface area (TPSA) is 51.4 Å². The molecule has 4 heteroatoms. The van der Waals surface area contributed by atoms with Gasteiger partial charge in [-0.2, -0.15) is 0 Å². The Morgan fingerprint density at radius 2 is 1.86 bits per heavy atom. The van der Waals surface area contributed by atoms with Crippen molar-refractivity contribution in [1.82, 2.24) is 9.88 Å². The van der Waals surface area contributed by atoms with Gasteiger partial charge in [0.2, 0.25) is 0 Å². The van der Waals surface area contributed by atoms with E-state index in [1.165, 1.54) is 5.56 Å². The van der Waals surface area contributed by atoms with Crippen molar-refractivity contribution in [2.45, 2.75) is 12.6 Å². The second-order valence-corrected chi connectivity index (χ2v) is 5.39. The maximum atomic E-state index is 6.28. The van der Waals surface area contributed by atoms with Crippen LogP contribution in [0.15, 0.2) is 48.8 Å². The molecule has 0 saturated carbocycles. The summed E-state index contributed by atoms with van der Waals surface area (Å²) in [6.45, 7) is 4.67. The summed E-state index contributed by atoms with van der Waals surface area (Å²) in [5, 5.41) is 0. The smallest absolute Gasteiger partial charge is 0.0594 e. The molecule has 1 aromatic carbocycles. The Bertz CT molecular complexity index is 550. The lowest BCUT2D eigenvalue weighted by atomic mass is 10.00. The molecular weight excluding hydrogens is 262 g/mol. The predicted molar refractivity (Wildman–Crippen MR) is 82.8 cm³/mol. The minimum absolute atomic E-state index is 0.115. The average Bonchev–Trinajstić information content (AvgIpc) is 2.57. The zero-order chi connectivity index (χ0) is 14.5.